The van der Waals surface area contributed by atoms with Crippen molar-refractivity contribution >= 4 is 33.7 Å². The average Bonchev–Trinajstić information content (AvgIpc) is 2.43. The van der Waals surface area contributed by atoms with E-state index in [1.54, 1.807) is 47.6 Å². The Balaban J connectivity index is 3.48. The van der Waals surface area contributed by atoms with E-state index >= 15 is 0 Å². The first-order chi connectivity index (χ1) is 11.9. The van der Waals surface area contributed by atoms with E-state index in [0.29, 0.717) is 5.56 Å². The summed E-state index contributed by atoms with van der Waals surface area (Å²) in [6.45, 7) is 10.1. The minimum absolute atomic E-state index is 0.00925. The van der Waals surface area contributed by atoms with Crippen LogP contribution >= 0.6 is 15.9 Å². The van der Waals surface area contributed by atoms with Crippen LogP contribution in [0.5, 0.6) is 5.75 Å². The van der Waals surface area contributed by atoms with Crippen molar-refractivity contribution in [1.29, 1.82) is 0 Å². The number of azide groups is 1. The third-order valence-corrected chi connectivity index (χ3v) is 3.30. The Morgan fingerprint density at radius 2 is 1.69 bits per heavy atom. The number of nitrogens with zero attached hydrogens (tertiary/aromatic N) is 3. The van der Waals surface area contributed by atoms with Crippen LogP contribution in [0.2, 0.25) is 0 Å². The topological polar surface area (TPSA) is 111 Å². The van der Waals surface area contributed by atoms with Crippen LogP contribution in [0, 0.1) is 0 Å². The van der Waals surface area contributed by atoms with Crippen molar-refractivity contribution in [3.63, 3.8) is 0 Å². The van der Waals surface area contributed by atoms with Gasteiger partial charge in [-0.15, -0.1) is 0 Å². The number of ether oxygens (including phenoxy) is 3. The second kappa shape index (κ2) is 8.42. The molecule has 1 aromatic rings. The summed E-state index contributed by atoms with van der Waals surface area (Å²) in [5.41, 5.74) is 7.55. The van der Waals surface area contributed by atoms with Crippen LogP contribution < -0.4 is 4.74 Å². The zero-order valence-corrected chi connectivity index (χ0v) is 17.2. The quantitative estimate of drug-likeness (QED) is 0.150. The van der Waals surface area contributed by atoms with Crippen molar-refractivity contribution in [1.82, 2.24) is 0 Å². The minimum Gasteiger partial charge on any atom is -0.456 e. The molecule has 0 heterocycles. The molecular weight excluding hydrogens is 406 g/mol. The highest BCUT2D eigenvalue weighted by molar-refractivity contribution is 9.08. The van der Waals surface area contributed by atoms with E-state index in [9.17, 15) is 9.59 Å². The molecule has 0 saturated carbocycles. The number of alkyl halides is 1. The molecule has 0 amide bonds. The lowest BCUT2D eigenvalue weighted by Gasteiger charge is -2.23. The van der Waals surface area contributed by atoms with E-state index in [-0.39, 0.29) is 22.3 Å². The smallest absolute Gasteiger partial charge is 0.456 e. The molecule has 0 aliphatic heterocycles. The van der Waals surface area contributed by atoms with Crippen LogP contribution in [0.1, 0.15) is 57.5 Å². The van der Waals surface area contributed by atoms with E-state index in [4.69, 9.17) is 19.7 Å². The van der Waals surface area contributed by atoms with Crippen LogP contribution in [-0.2, 0) is 14.8 Å². The van der Waals surface area contributed by atoms with Crippen molar-refractivity contribution in [2.45, 2.75) is 58.1 Å². The van der Waals surface area contributed by atoms with E-state index < -0.39 is 23.3 Å². The number of rotatable bonds is 4. The Morgan fingerprint density at radius 1 is 1.12 bits per heavy atom. The molecule has 0 atom stereocenters. The second-order valence-corrected chi connectivity index (χ2v) is 7.90. The van der Waals surface area contributed by atoms with E-state index in [1.807, 2.05) is 0 Å². The van der Waals surface area contributed by atoms with Gasteiger partial charge in [0.2, 0.25) is 0 Å². The molecule has 26 heavy (non-hydrogen) atoms. The minimum atomic E-state index is -0.984. The number of hydrogen-bond donors (Lipinski definition) is 0. The molecule has 1 aromatic carbocycles. The molecule has 0 saturated heterocycles. The standard InChI is InChI=1S/C17H22BrN3O5/c1-16(2,3)25-14(22)12-11(20-21-19)8-7-10(9-18)13(12)24-15(23)26-17(4,5)6/h7-8H,9H2,1-6H3. The molecule has 0 spiro atoms. The van der Waals surface area contributed by atoms with Gasteiger partial charge in [0.25, 0.3) is 0 Å². The van der Waals surface area contributed by atoms with Crippen molar-refractivity contribution < 1.29 is 23.8 Å². The first kappa shape index (κ1) is 21.8. The van der Waals surface area contributed by atoms with Crippen molar-refractivity contribution in [3.05, 3.63) is 33.7 Å². The fourth-order valence-corrected chi connectivity index (χ4v) is 2.29. The summed E-state index contributed by atoms with van der Waals surface area (Å²) in [5, 5.41) is 3.80. The van der Waals surface area contributed by atoms with Gasteiger partial charge < -0.3 is 14.2 Å². The Hall–Kier alpha value is -2.25. The summed E-state index contributed by atoms with van der Waals surface area (Å²) in [6, 6.07) is 3.03. The third-order valence-electron chi connectivity index (χ3n) is 2.69. The maximum atomic E-state index is 12.7. The lowest BCUT2D eigenvalue weighted by Crippen LogP contribution is -2.28. The number of hydrogen-bond acceptors (Lipinski definition) is 6. The van der Waals surface area contributed by atoms with Gasteiger partial charge in [0.15, 0.2) is 5.75 Å². The molecule has 0 bridgehead atoms. The van der Waals surface area contributed by atoms with Crippen LogP contribution in [0.25, 0.3) is 10.4 Å². The maximum Gasteiger partial charge on any atom is 0.514 e. The summed E-state index contributed by atoms with van der Waals surface area (Å²) in [4.78, 5) is 27.5. The molecule has 0 aliphatic rings. The molecular formula is C17H22BrN3O5. The van der Waals surface area contributed by atoms with Gasteiger partial charge in [-0.05, 0) is 47.1 Å². The molecule has 0 N–H and O–H groups in total. The zero-order valence-electron chi connectivity index (χ0n) is 15.6. The Kier molecular flexibility index (Phi) is 7.06. The van der Waals surface area contributed by atoms with Gasteiger partial charge in [0.1, 0.15) is 16.8 Å². The van der Waals surface area contributed by atoms with Crippen LogP contribution in [0.15, 0.2) is 17.2 Å². The van der Waals surface area contributed by atoms with Gasteiger partial charge in [-0.2, -0.15) is 0 Å². The molecule has 0 aromatic heterocycles. The summed E-state index contributed by atoms with van der Waals surface area (Å²) >= 11 is 3.28. The average molecular weight is 428 g/mol. The zero-order chi connectivity index (χ0) is 20.1. The van der Waals surface area contributed by atoms with Gasteiger partial charge in [0.05, 0.1) is 5.69 Å². The van der Waals surface area contributed by atoms with Gasteiger partial charge in [-0.25, -0.2) is 9.59 Å². The Labute approximate surface area is 160 Å². The lowest BCUT2D eigenvalue weighted by atomic mass is 10.1. The maximum absolute atomic E-state index is 12.7. The largest absolute Gasteiger partial charge is 0.514 e. The van der Waals surface area contributed by atoms with Gasteiger partial charge in [-0.3, -0.25) is 0 Å². The summed E-state index contributed by atoms with van der Waals surface area (Å²) in [5.74, 6) is -0.850. The van der Waals surface area contributed by atoms with Crippen molar-refractivity contribution in [3.8, 4) is 5.75 Å². The van der Waals surface area contributed by atoms with Crippen LogP contribution in [-0.4, -0.2) is 23.3 Å². The van der Waals surface area contributed by atoms with Gasteiger partial charge in [0, 0.05) is 15.8 Å². The number of halogens is 1. The number of benzene rings is 1. The fourth-order valence-electron chi connectivity index (χ4n) is 1.85. The molecule has 0 radical (unpaired) electrons. The van der Waals surface area contributed by atoms with Gasteiger partial charge in [-0.1, -0.05) is 33.2 Å². The molecule has 142 valence electrons. The molecule has 0 unspecified atom stereocenters. The molecule has 9 heteroatoms. The van der Waals surface area contributed by atoms with Crippen LogP contribution in [0.3, 0.4) is 0 Å². The molecule has 0 fully saturated rings. The van der Waals surface area contributed by atoms with E-state index in [2.05, 4.69) is 26.0 Å². The third kappa shape index (κ3) is 6.57. The first-order valence-electron chi connectivity index (χ1n) is 7.79. The number of carbonyl (C=O) groups is 2. The highest BCUT2D eigenvalue weighted by Gasteiger charge is 2.28. The van der Waals surface area contributed by atoms with E-state index in [0.717, 1.165) is 0 Å². The lowest BCUT2D eigenvalue weighted by molar-refractivity contribution is 0.00619. The summed E-state index contributed by atoms with van der Waals surface area (Å²) in [6.07, 6.45) is -0.984. The number of esters is 1. The highest BCUT2D eigenvalue weighted by Crippen LogP contribution is 2.36. The first-order valence-corrected chi connectivity index (χ1v) is 8.91. The Morgan fingerprint density at radius 3 is 2.15 bits per heavy atom. The highest BCUT2D eigenvalue weighted by atomic mass is 79.9. The predicted molar refractivity (Wildman–Crippen MR) is 99.9 cm³/mol. The number of carbonyl (C=O) groups excluding carboxylic acids is 2. The molecule has 1 rings (SSSR count). The van der Waals surface area contributed by atoms with E-state index in [1.165, 1.54) is 6.07 Å². The Bertz CT molecular complexity index is 744. The molecule has 0 aliphatic carbocycles. The molecule has 8 nitrogen and oxygen atoms in total. The predicted octanol–water partition coefficient (Wildman–Crippen LogP) is 5.79. The van der Waals surface area contributed by atoms with Gasteiger partial charge >= 0.3 is 12.1 Å². The normalized spacial score (nSPS) is 11.3. The second-order valence-electron chi connectivity index (χ2n) is 7.34. The van der Waals surface area contributed by atoms with Crippen molar-refractivity contribution in [2.75, 3.05) is 0 Å². The van der Waals surface area contributed by atoms with Crippen LogP contribution in [0.4, 0.5) is 10.5 Å². The monoisotopic (exact) mass is 427 g/mol. The van der Waals surface area contributed by atoms with Crippen molar-refractivity contribution in [2.24, 2.45) is 5.11 Å². The summed E-state index contributed by atoms with van der Waals surface area (Å²) < 4.78 is 15.8. The SMILES string of the molecule is CC(C)(C)OC(=O)Oc1c(CBr)ccc(N=[N+]=[N-])c1C(=O)OC(C)(C)C. The summed E-state index contributed by atoms with van der Waals surface area (Å²) in [7, 11) is 0. The fraction of sp³-hybridized carbons (Fsp3) is 0.529.